The molecule has 4 N–H and O–H groups in total. The zero-order chi connectivity index (χ0) is 42.5. The number of H-pyrrole nitrogens is 2. The average molecular weight is 881 g/mol. The number of imidazole rings is 2. The second-order valence-corrected chi connectivity index (χ2v) is 17.9. The van der Waals surface area contributed by atoms with Gasteiger partial charge in [0.15, 0.2) is 0 Å². The molecule has 2 aromatic heterocycles. The third-order valence-electron chi connectivity index (χ3n) is 13.2. The number of amides is 4. The Balaban J connectivity index is 0.000000201. The standard InChI is InChI=1S/2C23H32N4O3.Fe/c2*1-14(2)20(26-23(29)30-3)22(28)27-12-6-9-19(27)21-24-17-11-10-16(13-18(17)25-21)15-7-4-5-8-15;/h2*10-11,13-15,19-20H,4-9,12H2,1-3H3,(H,24,25)(H,26,29);. The van der Waals surface area contributed by atoms with Crippen LogP contribution in [0.3, 0.4) is 0 Å². The number of aromatic amines is 2. The Morgan fingerprint density at radius 1 is 0.607 bits per heavy atom. The molecule has 0 bridgehead atoms. The minimum atomic E-state index is -0.614. The molecule has 4 fully saturated rings. The van der Waals surface area contributed by atoms with Crippen molar-refractivity contribution in [2.75, 3.05) is 27.3 Å². The Morgan fingerprint density at radius 3 is 1.33 bits per heavy atom. The molecule has 0 radical (unpaired) electrons. The van der Waals surface area contributed by atoms with Crippen LogP contribution in [0, 0.1) is 11.8 Å². The van der Waals surface area contributed by atoms with Crippen molar-refractivity contribution < 1.29 is 45.7 Å². The van der Waals surface area contributed by atoms with Crippen molar-refractivity contribution >= 4 is 46.1 Å². The largest absolute Gasteiger partial charge is 0.453 e. The maximum absolute atomic E-state index is 13.3. The van der Waals surface area contributed by atoms with Crippen LogP contribution in [-0.4, -0.2) is 93.1 Å². The van der Waals surface area contributed by atoms with Gasteiger partial charge in [-0.3, -0.25) is 9.59 Å². The van der Waals surface area contributed by atoms with Gasteiger partial charge in [0.1, 0.15) is 23.7 Å². The van der Waals surface area contributed by atoms with Crippen LogP contribution in [0.25, 0.3) is 22.1 Å². The van der Waals surface area contributed by atoms with E-state index < -0.39 is 24.3 Å². The van der Waals surface area contributed by atoms with E-state index in [1.807, 2.05) is 37.5 Å². The quantitative estimate of drug-likeness (QED) is 0.115. The van der Waals surface area contributed by atoms with Gasteiger partial charge in [-0.2, -0.15) is 0 Å². The molecule has 4 amide bonds. The Bertz CT molecular complexity index is 1990. The van der Waals surface area contributed by atoms with Gasteiger partial charge in [0, 0.05) is 30.2 Å². The fraction of sp³-hybridized carbons (Fsp3) is 0.609. The predicted octanol–water partition coefficient (Wildman–Crippen LogP) is 8.53. The topological polar surface area (TPSA) is 175 Å². The summed E-state index contributed by atoms with van der Waals surface area (Å²) in [6, 6.07) is 11.6. The minimum absolute atomic E-state index is 0. The number of hydrogen-bond donors (Lipinski definition) is 4. The van der Waals surface area contributed by atoms with E-state index >= 15 is 0 Å². The number of rotatable bonds is 10. The van der Waals surface area contributed by atoms with Crippen molar-refractivity contribution in [2.45, 2.75) is 141 Å². The number of benzene rings is 2. The molecule has 2 saturated heterocycles. The summed E-state index contributed by atoms with van der Waals surface area (Å²) in [7, 11) is 2.62. The molecular formula is C46H64FeN8O6. The smallest absolute Gasteiger partial charge is 0.407 e. The molecule has 4 aromatic rings. The number of nitrogens with one attached hydrogen (secondary N) is 4. The molecule has 0 spiro atoms. The summed E-state index contributed by atoms with van der Waals surface area (Å²) < 4.78 is 9.42. The molecule has 61 heavy (non-hydrogen) atoms. The van der Waals surface area contributed by atoms with Crippen LogP contribution < -0.4 is 10.6 Å². The first-order valence-electron chi connectivity index (χ1n) is 22.2. The normalized spacial score (nSPS) is 20.5. The maximum atomic E-state index is 13.3. The predicted molar refractivity (Wildman–Crippen MR) is 230 cm³/mol. The summed E-state index contributed by atoms with van der Waals surface area (Å²) >= 11 is 0. The summed E-state index contributed by atoms with van der Waals surface area (Å²) in [5.74, 6) is 2.74. The molecule has 2 aliphatic carbocycles. The minimum Gasteiger partial charge on any atom is -0.453 e. The number of ether oxygens (including phenoxy) is 2. The van der Waals surface area contributed by atoms with Crippen LogP contribution >= 0.6 is 0 Å². The van der Waals surface area contributed by atoms with E-state index in [0.717, 1.165) is 59.4 Å². The zero-order valence-corrected chi connectivity index (χ0v) is 37.7. The molecule has 2 aromatic carbocycles. The second-order valence-electron chi connectivity index (χ2n) is 17.9. The number of likely N-dealkylation sites (tertiary alicyclic amines) is 2. The van der Waals surface area contributed by atoms with Crippen LogP contribution in [-0.2, 0) is 36.1 Å². The SMILES string of the molecule is COC(=O)NC(C(=O)N1CCCC1c1nc2ccc(C3CCCC3)cc2[nH]1)C(C)C.COC(=O)NC(C(=O)N1CCCC1c1nc2ccc(C3CCCC3)cc2[nH]1)C(C)C.[Fe]. The second kappa shape index (κ2) is 20.5. The van der Waals surface area contributed by atoms with Gasteiger partial charge >= 0.3 is 12.2 Å². The Labute approximate surface area is 369 Å². The van der Waals surface area contributed by atoms with Crippen LogP contribution in [0.15, 0.2) is 36.4 Å². The number of nitrogens with zero attached hydrogens (tertiary/aromatic N) is 4. The third kappa shape index (κ3) is 10.4. The number of hydrogen-bond acceptors (Lipinski definition) is 8. The maximum Gasteiger partial charge on any atom is 0.407 e. The number of carbonyl (C=O) groups excluding carboxylic acids is 4. The summed E-state index contributed by atoms with van der Waals surface area (Å²) in [6.07, 6.45) is 12.7. The van der Waals surface area contributed by atoms with Gasteiger partial charge in [-0.15, -0.1) is 0 Å². The first kappa shape index (κ1) is 45.9. The molecule has 4 unspecified atom stereocenters. The Kier molecular flexibility index (Phi) is 15.4. The van der Waals surface area contributed by atoms with E-state index in [4.69, 9.17) is 19.4 Å². The molecule has 15 heteroatoms. The molecule has 4 aliphatic rings. The monoisotopic (exact) mass is 880 g/mol. The van der Waals surface area contributed by atoms with Crippen molar-refractivity contribution in [1.82, 2.24) is 40.4 Å². The molecule has 2 saturated carbocycles. The van der Waals surface area contributed by atoms with E-state index in [1.165, 1.54) is 76.7 Å². The van der Waals surface area contributed by atoms with Gasteiger partial charge in [-0.05, 0) is 110 Å². The number of carbonyl (C=O) groups is 4. The number of alkyl carbamates (subject to hydrolysis) is 2. The first-order valence-corrected chi connectivity index (χ1v) is 22.2. The van der Waals surface area contributed by atoms with Crippen molar-refractivity contribution in [3.63, 3.8) is 0 Å². The van der Waals surface area contributed by atoms with E-state index in [-0.39, 0.29) is 52.8 Å². The summed E-state index contributed by atoms with van der Waals surface area (Å²) in [5, 5.41) is 5.39. The summed E-state index contributed by atoms with van der Waals surface area (Å²) in [4.78, 5) is 70.3. The third-order valence-corrected chi connectivity index (χ3v) is 13.2. The molecule has 4 heterocycles. The van der Waals surface area contributed by atoms with Gasteiger partial charge < -0.3 is 39.9 Å². The van der Waals surface area contributed by atoms with Crippen molar-refractivity contribution in [3.8, 4) is 0 Å². The van der Waals surface area contributed by atoms with Gasteiger partial charge in [0.05, 0.1) is 48.4 Å². The number of fused-ring (bicyclic) bond motifs is 2. The van der Waals surface area contributed by atoms with Crippen molar-refractivity contribution in [1.29, 1.82) is 0 Å². The Hall–Kier alpha value is -4.62. The van der Waals surface area contributed by atoms with Crippen molar-refractivity contribution in [2.24, 2.45) is 11.8 Å². The fourth-order valence-electron chi connectivity index (χ4n) is 9.82. The summed E-state index contributed by atoms with van der Waals surface area (Å²) in [5.41, 5.74) is 6.75. The number of aromatic nitrogens is 4. The molecule has 332 valence electrons. The van der Waals surface area contributed by atoms with E-state index in [2.05, 4.69) is 57.0 Å². The van der Waals surface area contributed by atoms with Gasteiger partial charge in [0.25, 0.3) is 0 Å². The van der Waals surface area contributed by atoms with Crippen LogP contribution in [0.4, 0.5) is 9.59 Å². The average Bonchev–Trinajstić information content (AvgIpc) is 4.10. The van der Waals surface area contributed by atoms with Gasteiger partial charge in [-0.25, -0.2) is 19.6 Å². The first-order chi connectivity index (χ1) is 28.9. The van der Waals surface area contributed by atoms with Crippen molar-refractivity contribution in [3.05, 3.63) is 59.2 Å². The molecule has 2 aliphatic heterocycles. The molecule has 14 nitrogen and oxygen atoms in total. The van der Waals surface area contributed by atoms with E-state index in [1.54, 1.807) is 0 Å². The Morgan fingerprint density at radius 2 is 0.984 bits per heavy atom. The van der Waals surface area contributed by atoms with Crippen LogP contribution in [0.5, 0.6) is 0 Å². The van der Waals surface area contributed by atoms with Gasteiger partial charge in [0.2, 0.25) is 11.8 Å². The van der Waals surface area contributed by atoms with E-state index in [0.29, 0.717) is 24.9 Å². The fourth-order valence-corrected chi connectivity index (χ4v) is 9.82. The number of methoxy groups -OCH3 is 2. The van der Waals surface area contributed by atoms with E-state index in [9.17, 15) is 19.2 Å². The van der Waals surface area contributed by atoms with Crippen LogP contribution in [0.2, 0.25) is 0 Å². The molecular weight excluding hydrogens is 816 g/mol. The van der Waals surface area contributed by atoms with Crippen LogP contribution in [0.1, 0.15) is 151 Å². The van der Waals surface area contributed by atoms with Gasteiger partial charge in [-0.1, -0.05) is 65.5 Å². The zero-order valence-electron chi connectivity index (χ0n) is 36.6. The molecule has 8 rings (SSSR count). The molecule has 4 atom stereocenters. The summed E-state index contributed by atoms with van der Waals surface area (Å²) in [6.45, 7) is 9.04.